The summed E-state index contributed by atoms with van der Waals surface area (Å²) in [6.45, 7) is 1.82. The van der Waals surface area contributed by atoms with E-state index in [2.05, 4.69) is 5.32 Å². The molecule has 1 aliphatic carbocycles. The van der Waals surface area contributed by atoms with Crippen molar-refractivity contribution in [1.29, 1.82) is 0 Å². The standard InChI is InChI=1S/C25H28FN3O2.H2/c1-4-24(30)27-19-7-8-20(15-19)29(3)25(31)21-9-5-17(14-22(21)26)16-6-10-23-18(13-16)11-12-28(23)2;/h5-6,9-14,19-20H,4,7-8,15H2,1-3H3,(H,27,30);1H/t19-,20+;/m0./s1. The summed E-state index contributed by atoms with van der Waals surface area (Å²) in [5, 5.41) is 4.08. The van der Waals surface area contributed by atoms with Crippen LogP contribution < -0.4 is 5.32 Å². The molecule has 2 atom stereocenters. The van der Waals surface area contributed by atoms with E-state index in [1.165, 1.54) is 6.07 Å². The minimum Gasteiger partial charge on any atom is -0.353 e. The van der Waals surface area contributed by atoms with Gasteiger partial charge in [0.25, 0.3) is 5.91 Å². The maximum atomic E-state index is 14.9. The first-order chi connectivity index (χ1) is 14.9. The van der Waals surface area contributed by atoms with E-state index in [0.29, 0.717) is 12.8 Å². The lowest BCUT2D eigenvalue weighted by Crippen LogP contribution is -2.38. The molecule has 3 aromatic rings. The van der Waals surface area contributed by atoms with Gasteiger partial charge in [-0.05, 0) is 60.7 Å². The van der Waals surface area contributed by atoms with Gasteiger partial charge in [0.05, 0.1) is 5.56 Å². The van der Waals surface area contributed by atoms with Crippen molar-refractivity contribution in [2.75, 3.05) is 7.05 Å². The Labute approximate surface area is 183 Å². The van der Waals surface area contributed by atoms with Gasteiger partial charge in [-0.1, -0.05) is 19.1 Å². The van der Waals surface area contributed by atoms with Crippen LogP contribution in [0.3, 0.4) is 0 Å². The molecular formula is C25H30FN3O2. The second-order valence-electron chi connectivity index (χ2n) is 8.40. The Hall–Kier alpha value is -3.15. The number of aryl methyl sites for hydroxylation is 1. The Morgan fingerprint density at radius 1 is 1.16 bits per heavy atom. The molecule has 1 heterocycles. The third-order valence-electron chi connectivity index (χ3n) is 6.38. The molecule has 0 radical (unpaired) electrons. The summed E-state index contributed by atoms with van der Waals surface area (Å²) in [6, 6.07) is 12.9. The summed E-state index contributed by atoms with van der Waals surface area (Å²) < 4.78 is 17.0. The fourth-order valence-electron chi connectivity index (χ4n) is 4.46. The lowest BCUT2D eigenvalue weighted by atomic mass is 10.0. The van der Waals surface area contributed by atoms with Crippen LogP contribution >= 0.6 is 0 Å². The molecule has 2 aromatic carbocycles. The van der Waals surface area contributed by atoms with Crippen LogP contribution in [0.2, 0.25) is 0 Å². The number of nitrogens with zero attached hydrogens (tertiary/aromatic N) is 2. The van der Waals surface area contributed by atoms with E-state index in [9.17, 15) is 14.0 Å². The number of halogens is 1. The number of carbonyl (C=O) groups is 2. The van der Waals surface area contributed by atoms with Gasteiger partial charge < -0.3 is 14.8 Å². The van der Waals surface area contributed by atoms with E-state index in [-0.39, 0.29) is 30.9 Å². The van der Waals surface area contributed by atoms with Crippen LogP contribution in [0.1, 0.15) is 44.4 Å². The molecule has 2 amide bonds. The zero-order valence-electron chi connectivity index (χ0n) is 18.2. The number of benzene rings is 2. The molecule has 0 unspecified atom stereocenters. The van der Waals surface area contributed by atoms with Gasteiger partial charge in [0, 0.05) is 51.1 Å². The smallest absolute Gasteiger partial charge is 0.256 e. The second kappa shape index (κ2) is 8.53. The second-order valence-corrected chi connectivity index (χ2v) is 8.40. The minimum absolute atomic E-state index is 0. The van der Waals surface area contributed by atoms with Crippen molar-refractivity contribution in [3.8, 4) is 11.1 Å². The average Bonchev–Trinajstić information content (AvgIpc) is 3.39. The maximum absolute atomic E-state index is 14.9. The Balaban J connectivity index is 0.00000289. The minimum atomic E-state index is -0.517. The third kappa shape index (κ3) is 4.20. The summed E-state index contributed by atoms with van der Waals surface area (Å²) in [5.41, 5.74) is 2.84. The molecule has 1 saturated carbocycles. The maximum Gasteiger partial charge on any atom is 0.256 e. The monoisotopic (exact) mass is 423 g/mol. The molecule has 6 heteroatoms. The summed E-state index contributed by atoms with van der Waals surface area (Å²) in [5.74, 6) is -0.818. The van der Waals surface area contributed by atoms with Crippen LogP contribution in [0.25, 0.3) is 22.0 Å². The van der Waals surface area contributed by atoms with Crippen molar-refractivity contribution in [1.82, 2.24) is 14.8 Å². The van der Waals surface area contributed by atoms with Crippen LogP contribution in [0.4, 0.5) is 4.39 Å². The molecular weight excluding hydrogens is 393 g/mol. The molecule has 0 bridgehead atoms. The molecule has 1 aliphatic rings. The van der Waals surface area contributed by atoms with Gasteiger partial charge in [-0.3, -0.25) is 9.59 Å². The van der Waals surface area contributed by atoms with Crippen LogP contribution in [0.5, 0.6) is 0 Å². The summed E-state index contributed by atoms with van der Waals surface area (Å²) in [4.78, 5) is 26.2. The summed E-state index contributed by atoms with van der Waals surface area (Å²) in [7, 11) is 3.70. The van der Waals surface area contributed by atoms with E-state index in [1.807, 2.05) is 49.0 Å². The van der Waals surface area contributed by atoms with Crippen molar-refractivity contribution in [3.05, 3.63) is 60.0 Å². The number of carbonyl (C=O) groups excluding carboxylic acids is 2. The van der Waals surface area contributed by atoms with E-state index in [0.717, 1.165) is 34.9 Å². The van der Waals surface area contributed by atoms with Gasteiger partial charge in [-0.2, -0.15) is 0 Å². The zero-order valence-corrected chi connectivity index (χ0v) is 18.2. The topological polar surface area (TPSA) is 54.3 Å². The van der Waals surface area contributed by atoms with Crippen molar-refractivity contribution in [3.63, 3.8) is 0 Å². The number of hydrogen-bond donors (Lipinski definition) is 1. The van der Waals surface area contributed by atoms with Crippen molar-refractivity contribution in [2.45, 2.75) is 44.7 Å². The van der Waals surface area contributed by atoms with Crippen molar-refractivity contribution >= 4 is 22.7 Å². The fourth-order valence-corrected chi connectivity index (χ4v) is 4.46. The molecule has 0 saturated heterocycles. The molecule has 5 nitrogen and oxygen atoms in total. The molecule has 31 heavy (non-hydrogen) atoms. The van der Waals surface area contributed by atoms with Gasteiger partial charge in [0.2, 0.25) is 5.91 Å². The van der Waals surface area contributed by atoms with Gasteiger partial charge in [-0.25, -0.2) is 4.39 Å². The molecule has 1 aromatic heterocycles. The third-order valence-corrected chi connectivity index (χ3v) is 6.38. The predicted molar refractivity (Wildman–Crippen MR) is 122 cm³/mol. The van der Waals surface area contributed by atoms with E-state index in [1.54, 1.807) is 24.1 Å². The Morgan fingerprint density at radius 2 is 1.90 bits per heavy atom. The van der Waals surface area contributed by atoms with Crippen LogP contribution in [0, 0.1) is 5.82 Å². The Bertz CT molecular complexity index is 1140. The van der Waals surface area contributed by atoms with Crippen molar-refractivity contribution < 1.29 is 15.4 Å². The first kappa shape index (κ1) is 21.1. The predicted octanol–water partition coefficient (Wildman–Crippen LogP) is 4.75. The highest BCUT2D eigenvalue weighted by Crippen LogP contribution is 2.28. The van der Waals surface area contributed by atoms with Gasteiger partial charge in [0.15, 0.2) is 0 Å². The number of hydrogen-bond acceptors (Lipinski definition) is 2. The van der Waals surface area contributed by atoms with Gasteiger partial charge >= 0.3 is 0 Å². The molecule has 1 N–H and O–H groups in total. The fraction of sp³-hybridized carbons (Fsp3) is 0.360. The van der Waals surface area contributed by atoms with E-state index < -0.39 is 5.82 Å². The zero-order chi connectivity index (χ0) is 22.1. The van der Waals surface area contributed by atoms with E-state index in [4.69, 9.17) is 0 Å². The first-order valence-corrected chi connectivity index (χ1v) is 10.8. The molecule has 4 rings (SSSR count). The number of fused-ring (bicyclic) bond motifs is 1. The quantitative estimate of drug-likeness (QED) is 0.644. The van der Waals surface area contributed by atoms with Crippen LogP contribution in [0.15, 0.2) is 48.7 Å². The van der Waals surface area contributed by atoms with Crippen LogP contribution in [-0.4, -0.2) is 40.4 Å². The number of amides is 2. The number of rotatable bonds is 5. The molecule has 164 valence electrons. The SMILES string of the molecule is CCC(=O)N[C@H]1CC[C@@H](N(C)C(=O)c2ccc(-c3ccc4c(ccn4C)c3)cc2F)C1.[HH]. The highest BCUT2D eigenvalue weighted by atomic mass is 19.1. The molecule has 0 aliphatic heterocycles. The summed E-state index contributed by atoms with van der Waals surface area (Å²) in [6.07, 6.45) is 4.77. The molecule has 0 spiro atoms. The van der Waals surface area contributed by atoms with Gasteiger partial charge in [0.1, 0.15) is 5.82 Å². The van der Waals surface area contributed by atoms with Gasteiger partial charge in [-0.15, -0.1) is 0 Å². The summed E-state index contributed by atoms with van der Waals surface area (Å²) >= 11 is 0. The highest BCUT2D eigenvalue weighted by molar-refractivity contribution is 5.95. The van der Waals surface area contributed by atoms with Crippen LogP contribution in [-0.2, 0) is 11.8 Å². The average molecular weight is 424 g/mol. The highest BCUT2D eigenvalue weighted by Gasteiger charge is 2.31. The number of nitrogens with one attached hydrogen (secondary N) is 1. The lowest BCUT2D eigenvalue weighted by Gasteiger charge is -2.25. The normalized spacial score (nSPS) is 18.3. The largest absolute Gasteiger partial charge is 0.353 e. The van der Waals surface area contributed by atoms with E-state index >= 15 is 0 Å². The Morgan fingerprint density at radius 3 is 2.65 bits per heavy atom. The molecule has 1 fully saturated rings. The number of aromatic nitrogens is 1. The van der Waals surface area contributed by atoms with Crippen molar-refractivity contribution in [2.24, 2.45) is 7.05 Å². The lowest BCUT2D eigenvalue weighted by molar-refractivity contribution is -0.121. The first-order valence-electron chi connectivity index (χ1n) is 10.8. The Kier molecular flexibility index (Phi) is 5.81.